The Kier molecular flexibility index (Phi) is 4.11. The molecule has 1 fully saturated rings. The lowest BCUT2D eigenvalue weighted by Crippen LogP contribution is -2.35. The molecule has 1 aliphatic rings. The van der Waals surface area contributed by atoms with E-state index >= 15 is 0 Å². The fourth-order valence-electron chi connectivity index (χ4n) is 2.94. The first-order valence-corrected chi connectivity index (χ1v) is 7.37. The second-order valence-corrected chi connectivity index (χ2v) is 5.50. The molecule has 106 valence electrons. The summed E-state index contributed by atoms with van der Waals surface area (Å²) in [5, 5.41) is 17.2. The van der Waals surface area contributed by atoms with E-state index in [1.807, 2.05) is 0 Å². The summed E-state index contributed by atoms with van der Waals surface area (Å²) in [6.07, 6.45) is 4.98. The molecule has 0 bridgehead atoms. The van der Waals surface area contributed by atoms with Crippen molar-refractivity contribution in [2.75, 3.05) is 18.0 Å². The molecule has 0 aliphatic carbocycles. The molecule has 0 radical (unpaired) electrons. The molecule has 1 aromatic heterocycles. The average molecular weight is 278 g/mol. The molecular weight excluding hydrogens is 260 g/mol. The van der Waals surface area contributed by atoms with E-state index in [4.69, 9.17) is 5.26 Å². The van der Waals surface area contributed by atoms with Gasteiger partial charge in [-0.05, 0) is 36.8 Å². The molecule has 1 aromatic carbocycles. The van der Waals surface area contributed by atoms with Gasteiger partial charge in [-0.25, -0.2) is 0 Å². The Hall–Kier alpha value is -2.41. The van der Waals surface area contributed by atoms with E-state index < -0.39 is 0 Å². The van der Waals surface area contributed by atoms with Gasteiger partial charge in [0.05, 0.1) is 11.8 Å². The summed E-state index contributed by atoms with van der Waals surface area (Å²) < 4.78 is 0. The minimum absolute atomic E-state index is 0.617. The van der Waals surface area contributed by atoms with Crippen LogP contribution in [0.2, 0.25) is 0 Å². The maximum absolute atomic E-state index is 9.15. The normalized spacial score (nSPS) is 15.7. The summed E-state index contributed by atoms with van der Waals surface area (Å²) >= 11 is 0. The fourth-order valence-corrected chi connectivity index (χ4v) is 2.94. The van der Waals surface area contributed by atoms with Crippen molar-refractivity contribution in [2.45, 2.75) is 19.3 Å². The highest BCUT2D eigenvalue weighted by molar-refractivity contribution is 5.52. The van der Waals surface area contributed by atoms with Gasteiger partial charge in [0, 0.05) is 13.1 Å². The van der Waals surface area contributed by atoms with Crippen LogP contribution in [0, 0.1) is 17.2 Å². The number of anilines is 1. The van der Waals surface area contributed by atoms with Gasteiger partial charge >= 0.3 is 0 Å². The van der Waals surface area contributed by atoms with E-state index in [2.05, 4.69) is 51.5 Å². The number of rotatable bonds is 3. The molecule has 3 rings (SSSR count). The molecule has 0 saturated carbocycles. The smallest absolute Gasteiger partial charge is 0.169 e. The number of piperidine rings is 1. The predicted octanol–water partition coefficient (Wildman–Crippen LogP) is 2.81. The summed E-state index contributed by atoms with van der Waals surface area (Å²) in [6.45, 7) is 1.90. The van der Waals surface area contributed by atoms with E-state index in [0.717, 1.165) is 38.2 Å². The number of hydrogen-bond donors (Lipinski definition) is 0. The van der Waals surface area contributed by atoms with Crippen LogP contribution in [0.15, 0.2) is 42.6 Å². The minimum atomic E-state index is 0.617. The van der Waals surface area contributed by atoms with Gasteiger partial charge in [0.25, 0.3) is 0 Å². The topological polar surface area (TPSA) is 52.8 Å². The molecule has 1 saturated heterocycles. The summed E-state index contributed by atoms with van der Waals surface area (Å²) in [7, 11) is 0. The third-order valence-electron chi connectivity index (χ3n) is 4.10. The lowest BCUT2D eigenvalue weighted by molar-refractivity contribution is 0.401. The van der Waals surface area contributed by atoms with Gasteiger partial charge in [0.15, 0.2) is 5.82 Å². The molecule has 2 heterocycles. The second kappa shape index (κ2) is 6.36. The van der Waals surface area contributed by atoms with Crippen molar-refractivity contribution in [2.24, 2.45) is 5.92 Å². The zero-order valence-electron chi connectivity index (χ0n) is 11.9. The third-order valence-corrected chi connectivity index (χ3v) is 4.10. The van der Waals surface area contributed by atoms with Crippen LogP contribution in [0.5, 0.6) is 0 Å². The fraction of sp³-hybridized carbons (Fsp3) is 0.353. The summed E-state index contributed by atoms with van der Waals surface area (Å²) in [5.74, 6) is 1.45. The van der Waals surface area contributed by atoms with E-state index in [1.54, 1.807) is 12.3 Å². The van der Waals surface area contributed by atoms with Crippen molar-refractivity contribution in [3.05, 3.63) is 53.7 Å². The SMILES string of the molecule is N#Cc1ccnnc1N1CCC(Cc2ccccc2)CC1. The largest absolute Gasteiger partial charge is 0.354 e. The molecule has 0 N–H and O–H groups in total. The van der Waals surface area contributed by atoms with E-state index in [9.17, 15) is 0 Å². The quantitative estimate of drug-likeness (QED) is 0.866. The van der Waals surface area contributed by atoms with E-state index in [-0.39, 0.29) is 0 Å². The van der Waals surface area contributed by atoms with Gasteiger partial charge in [-0.15, -0.1) is 5.10 Å². The van der Waals surface area contributed by atoms with Crippen LogP contribution in [-0.4, -0.2) is 23.3 Å². The van der Waals surface area contributed by atoms with E-state index in [1.165, 1.54) is 5.56 Å². The van der Waals surface area contributed by atoms with Crippen molar-refractivity contribution in [3.8, 4) is 6.07 Å². The van der Waals surface area contributed by atoms with Crippen LogP contribution in [0.25, 0.3) is 0 Å². The summed E-state index contributed by atoms with van der Waals surface area (Å²) in [6, 6.07) is 14.6. The monoisotopic (exact) mass is 278 g/mol. The second-order valence-electron chi connectivity index (χ2n) is 5.50. The molecule has 0 amide bonds. The number of benzene rings is 1. The molecule has 0 spiro atoms. The maximum atomic E-state index is 9.15. The lowest BCUT2D eigenvalue weighted by atomic mass is 9.90. The Bertz CT molecular complexity index is 625. The van der Waals surface area contributed by atoms with Gasteiger partial charge in [-0.2, -0.15) is 10.4 Å². The van der Waals surface area contributed by atoms with Crippen molar-refractivity contribution in [1.29, 1.82) is 5.26 Å². The first kappa shape index (κ1) is 13.6. The summed E-state index contributed by atoms with van der Waals surface area (Å²) in [5.41, 5.74) is 2.03. The minimum Gasteiger partial charge on any atom is -0.354 e. The molecule has 0 unspecified atom stereocenters. The maximum Gasteiger partial charge on any atom is 0.169 e. The zero-order chi connectivity index (χ0) is 14.5. The Labute approximate surface area is 125 Å². The van der Waals surface area contributed by atoms with Crippen molar-refractivity contribution < 1.29 is 0 Å². The third kappa shape index (κ3) is 3.19. The first-order valence-electron chi connectivity index (χ1n) is 7.37. The lowest BCUT2D eigenvalue weighted by Gasteiger charge is -2.32. The Morgan fingerprint density at radius 1 is 1.14 bits per heavy atom. The zero-order valence-corrected chi connectivity index (χ0v) is 11.9. The van der Waals surface area contributed by atoms with Crippen LogP contribution in [-0.2, 0) is 6.42 Å². The van der Waals surface area contributed by atoms with E-state index in [0.29, 0.717) is 11.5 Å². The number of nitriles is 1. The molecule has 0 atom stereocenters. The Balaban J connectivity index is 1.62. The first-order chi connectivity index (χ1) is 10.4. The van der Waals surface area contributed by atoms with Gasteiger partial charge in [0.1, 0.15) is 6.07 Å². The predicted molar refractivity (Wildman–Crippen MR) is 81.8 cm³/mol. The van der Waals surface area contributed by atoms with Crippen LogP contribution < -0.4 is 4.90 Å². The number of nitrogens with zero attached hydrogens (tertiary/aromatic N) is 4. The van der Waals surface area contributed by atoms with Crippen LogP contribution >= 0.6 is 0 Å². The van der Waals surface area contributed by atoms with Crippen molar-refractivity contribution in [3.63, 3.8) is 0 Å². The van der Waals surface area contributed by atoms with Gasteiger partial charge in [-0.1, -0.05) is 30.3 Å². The van der Waals surface area contributed by atoms with Crippen LogP contribution in [0.3, 0.4) is 0 Å². The van der Waals surface area contributed by atoms with Crippen molar-refractivity contribution in [1.82, 2.24) is 10.2 Å². The summed E-state index contributed by atoms with van der Waals surface area (Å²) in [4.78, 5) is 2.19. The van der Waals surface area contributed by atoms with Crippen LogP contribution in [0.1, 0.15) is 24.0 Å². The van der Waals surface area contributed by atoms with Gasteiger partial charge in [-0.3, -0.25) is 0 Å². The number of hydrogen-bond acceptors (Lipinski definition) is 4. The highest BCUT2D eigenvalue weighted by Gasteiger charge is 2.22. The average Bonchev–Trinajstić information content (AvgIpc) is 2.56. The Morgan fingerprint density at radius 3 is 2.62 bits per heavy atom. The molecular formula is C17H18N4. The highest BCUT2D eigenvalue weighted by Crippen LogP contribution is 2.25. The highest BCUT2D eigenvalue weighted by atomic mass is 15.3. The number of aromatic nitrogens is 2. The van der Waals surface area contributed by atoms with Crippen molar-refractivity contribution >= 4 is 5.82 Å². The van der Waals surface area contributed by atoms with Gasteiger partial charge in [0.2, 0.25) is 0 Å². The molecule has 21 heavy (non-hydrogen) atoms. The molecule has 2 aromatic rings. The molecule has 4 nitrogen and oxygen atoms in total. The van der Waals surface area contributed by atoms with Gasteiger partial charge < -0.3 is 4.90 Å². The molecule has 1 aliphatic heterocycles. The Morgan fingerprint density at radius 2 is 1.90 bits per heavy atom. The molecule has 4 heteroatoms. The van der Waals surface area contributed by atoms with Crippen LogP contribution in [0.4, 0.5) is 5.82 Å². The standard InChI is InChI=1S/C17H18N4/c18-13-16-6-9-19-20-17(16)21-10-7-15(8-11-21)12-14-4-2-1-3-5-14/h1-6,9,15H,7-8,10-12H2.